The van der Waals surface area contributed by atoms with Gasteiger partial charge in [0.05, 0.1) is 24.5 Å². The monoisotopic (exact) mass is 547 g/mol. The average Bonchev–Trinajstić information content (AvgIpc) is 2.90. The smallest absolute Gasteiger partial charge is 0.257 e. The summed E-state index contributed by atoms with van der Waals surface area (Å²) in [5.41, 5.74) is 3.09. The second kappa shape index (κ2) is 13.8. The molecule has 0 saturated heterocycles. The van der Waals surface area contributed by atoms with E-state index in [0.717, 1.165) is 22.6 Å². The first kappa shape index (κ1) is 29.6. The molecule has 0 heterocycles. The number of thiocarbonyl (C=S) groups is 1. The highest BCUT2D eigenvalue weighted by atomic mass is 32.1. The lowest BCUT2D eigenvalue weighted by Gasteiger charge is -2.24. The van der Waals surface area contributed by atoms with E-state index < -0.39 is 5.41 Å². The normalized spacial score (nSPS) is 10.9. The van der Waals surface area contributed by atoms with Crippen molar-refractivity contribution in [3.8, 4) is 11.5 Å². The van der Waals surface area contributed by atoms with Gasteiger partial charge in [-0.05, 0) is 99.4 Å². The van der Waals surface area contributed by atoms with Crippen LogP contribution in [0.15, 0.2) is 66.7 Å². The van der Waals surface area contributed by atoms with Gasteiger partial charge in [-0.3, -0.25) is 9.59 Å². The van der Waals surface area contributed by atoms with E-state index in [1.54, 1.807) is 48.5 Å². The standard InChI is InChI=1S/C31H37N3O4S/c1-6-37-24-16-14-23(15-17-24)32-28(35)25-10-7-8-11-26(25)33-30(39)34-29(36)31(4,5)18-9-19-38-27-20-21(2)12-13-22(27)3/h7-8,10-17,20H,6,9,18-19H2,1-5H3,(H,32,35)(H2,33,34,36,39). The Morgan fingerprint density at radius 3 is 2.36 bits per heavy atom. The van der Waals surface area contributed by atoms with Crippen LogP contribution in [0.4, 0.5) is 11.4 Å². The molecule has 3 N–H and O–H groups in total. The molecule has 0 aliphatic rings. The third kappa shape index (κ3) is 8.82. The minimum atomic E-state index is -0.665. The van der Waals surface area contributed by atoms with Crippen molar-refractivity contribution in [1.29, 1.82) is 0 Å². The number of benzene rings is 3. The molecule has 0 aliphatic carbocycles. The maximum absolute atomic E-state index is 13.0. The minimum Gasteiger partial charge on any atom is -0.494 e. The molecular weight excluding hydrogens is 510 g/mol. The third-order valence-corrected chi connectivity index (χ3v) is 6.44. The number of rotatable bonds is 11. The van der Waals surface area contributed by atoms with Crippen LogP contribution >= 0.6 is 12.2 Å². The first-order chi connectivity index (χ1) is 18.6. The molecule has 0 saturated carbocycles. The summed E-state index contributed by atoms with van der Waals surface area (Å²) in [6.45, 7) is 10.8. The quantitative estimate of drug-likeness (QED) is 0.184. The molecule has 0 aromatic heterocycles. The number of hydrogen-bond acceptors (Lipinski definition) is 5. The Morgan fingerprint density at radius 1 is 0.923 bits per heavy atom. The summed E-state index contributed by atoms with van der Waals surface area (Å²) >= 11 is 5.41. The van der Waals surface area contributed by atoms with Crippen LogP contribution in [0.25, 0.3) is 0 Å². The van der Waals surface area contributed by atoms with Crippen LogP contribution < -0.4 is 25.4 Å². The molecule has 0 spiro atoms. The zero-order valence-electron chi connectivity index (χ0n) is 23.2. The molecule has 3 aromatic rings. The Morgan fingerprint density at radius 2 is 1.64 bits per heavy atom. The summed E-state index contributed by atoms with van der Waals surface area (Å²) in [5.74, 6) is 1.09. The van der Waals surface area contributed by atoms with Crippen LogP contribution in [0.5, 0.6) is 11.5 Å². The van der Waals surface area contributed by atoms with Gasteiger partial charge in [0.15, 0.2) is 5.11 Å². The highest BCUT2D eigenvalue weighted by Gasteiger charge is 2.28. The molecule has 39 heavy (non-hydrogen) atoms. The number of carbonyl (C=O) groups excluding carboxylic acids is 2. The molecule has 0 unspecified atom stereocenters. The van der Waals surface area contributed by atoms with Crippen LogP contribution in [-0.2, 0) is 4.79 Å². The second-order valence-corrected chi connectivity index (χ2v) is 10.4. The van der Waals surface area contributed by atoms with Crippen molar-refractivity contribution >= 4 is 40.5 Å². The molecule has 0 fully saturated rings. The summed E-state index contributed by atoms with van der Waals surface area (Å²) in [5, 5.41) is 8.78. The largest absolute Gasteiger partial charge is 0.494 e. The Kier molecular flexibility index (Phi) is 10.5. The van der Waals surface area contributed by atoms with E-state index in [0.29, 0.717) is 43.0 Å². The van der Waals surface area contributed by atoms with E-state index >= 15 is 0 Å². The molecular formula is C31H37N3O4S. The number of hydrogen-bond donors (Lipinski definition) is 3. The lowest BCUT2D eigenvalue weighted by molar-refractivity contribution is -0.128. The van der Waals surface area contributed by atoms with E-state index in [1.807, 2.05) is 46.8 Å². The third-order valence-electron chi connectivity index (χ3n) is 6.23. The van der Waals surface area contributed by atoms with Gasteiger partial charge in [0.1, 0.15) is 11.5 Å². The van der Waals surface area contributed by atoms with Crippen molar-refractivity contribution in [1.82, 2.24) is 5.32 Å². The van der Waals surface area contributed by atoms with Gasteiger partial charge in [-0.1, -0.05) is 38.1 Å². The number of aryl methyl sites for hydroxylation is 2. The number of ether oxygens (including phenoxy) is 2. The van der Waals surface area contributed by atoms with Crippen molar-refractivity contribution in [2.24, 2.45) is 5.41 Å². The number of para-hydroxylation sites is 1. The fraction of sp³-hybridized carbons (Fsp3) is 0.323. The van der Waals surface area contributed by atoms with Crippen LogP contribution in [0, 0.1) is 19.3 Å². The lowest BCUT2D eigenvalue weighted by Crippen LogP contribution is -2.42. The average molecular weight is 548 g/mol. The van der Waals surface area contributed by atoms with Crippen LogP contribution in [0.1, 0.15) is 55.1 Å². The van der Waals surface area contributed by atoms with Gasteiger partial charge in [-0.15, -0.1) is 0 Å². The van der Waals surface area contributed by atoms with Gasteiger partial charge in [0.25, 0.3) is 5.91 Å². The topological polar surface area (TPSA) is 88.7 Å². The predicted octanol–water partition coefficient (Wildman–Crippen LogP) is 6.65. The van der Waals surface area contributed by atoms with Crippen LogP contribution in [-0.4, -0.2) is 30.1 Å². The van der Waals surface area contributed by atoms with Gasteiger partial charge in [-0.25, -0.2) is 0 Å². The van der Waals surface area contributed by atoms with Crippen molar-refractivity contribution in [2.75, 3.05) is 23.8 Å². The number of amides is 2. The second-order valence-electron chi connectivity index (χ2n) is 9.97. The molecule has 8 heteroatoms. The SMILES string of the molecule is CCOc1ccc(NC(=O)c2ccccc2NC(=S)NC(=O)C(C)(C)CCCOc2cc(C)ccc2C)cc1. The van der Waals surface area contributed by atoms with E-state index in [2.05, 4.69) is 22.0 Å². The molecule has 2 amide bonds. The van der Waals surface area contributed by atoms with Gasteiger partial charge in [0, 0.05) is 11.1 Å². The van der Waals surface area contributed by atoms with E-state index in [9.17, 15) is 9.59 Å². The molecule has 0 aliphatic heterocycles. The highest BCUT2D eigenvalue weighted by molar-refractivity contribution is 7.80. The Bertz CT molecular complexity index is 1310. The van der Waals surface area contributed by atoms with Crippen LogP contribution in [0.3, 0.4) is 0 Å². The van der Waals surface area contributed by atoms with Gasteiger partial charge < -0.3 is 25.4 Å². The highest BCUT2D eigenvalue weighted by Crippen LogP contribution is 2.25. The van der Waals surface area contributed by atoms with Gasteiger partial charge >= 0.3 is 0 Å². The fourth-order valence-corrected chi connectivity index (χ4v) is 4.09. The number of carbonyl (C=O) groups is 2. The van der Waals surface area contributed by atoms with Crippen molar-refractivity contribution in [3.63, 3.8) is 0 Å². The van der Waals surface area contributed by atoms with Crippen molar-refractivity contribution in [3.05, 3.63) is 83.4 Å². The molecule has 3 rings (SSSR count). The first-order valence-electron chi connectivity index (χ1n) is 13.0. The predicted molar refractivity (Wildman–Crippen MR) is 161 cm³/mol. The van der Waals surface area contributed by atoms with Gasteiger partial charge in [-0.2, -0.15) is 0 Å². The maximum Gasteiger partial charge on any atom is 0.257 e. The summed E-state index contributed by atoms with van der Waals surface area (Å²) in [6, 6.07) is 20.3. The Labute approximate surface area is 236 Å². The summed E-state index contributed by atoms with van der Waals surface area (Å²) in [4.78, 5) is 26.0. The molecule has 7 nitrogen and oxygen atoms in total. The lowest BCUT2D eigenvalue weighted by atomic mass is 9.87. The van der Waals surface area contributed by atoms with Gasteiger partial charge in [0.2, 0.25) is 5.91 Å². The van der Waals surface area contributed by atoms with E-state index in [4.69, 9.17) is 21.7 Å². The Balaban J connectivity index is 1.53. The fourth-order valence-electron chi connectivity index (χ4n) is 3.89. The Hall–Kier alpha value is -3.91. The number of nitrogens with one attached hydrogen (secondary N) is 3. The molecule has 0 atom stereocenters. The van der Waals surface area contributed by atoms with Crippen LogP contribution in [0.2, 0.25) is 0 Å². The van der Waals surface area contributed by atoms with Crippen molar-refractivity contribution < 1.29 is 19.1 Å². The summed E-state index contributed by atoms with van der Waals surface area (Å²) in [6.07, 6.45) is 1.33. The molecule has 3 aromatic carbocycles. The molecule has 0 bridgehead atoms. The summed E-state index contributed by atoms with van der Waals surface area (Å²) in [7, 11) is 0. The minimum absolute atomic E-state index is 0.126. The maximum atomic E-state index is 13.0. The summed E-state index contributed by atoms with van der Waals surface area (Å²) < 4.78 is 11.4. The zero-order chi connectivity index (χ0) is 28.4. The molecule has 0 radical (unpaired) electrons. The number of anilines is 2. The van der Waals surface area contributed by atoms with Crippen molar-refractivity contribution in [2.45, 2.75) is 47.5 Å². The first-order valence-corrected chi connectivity index (χ1v) is 13.5. The van der Waals surface area contributed by atoms with E-state index in [-0.39, 0.29) is 16.9 Å². The zero-order valence-corrected chi connectivity index (χ0v) is 24.0. The molecule has 206 valence electrons. The van der Waals surface area contributed by atoms with E-state index in [1.165, 1.54) is 0 Å².